The molecule has 7 heteroatoms. The summed E-state index contributed by atoms with van der Waals surface area (Å²) in [5.41, 5.74) is 2.89. The van der Waals surface area contributed by atoms with Crippen molar-refractivity contribution in [1.82, 2.24) is 9.78 Å². The van der Waals surface area contributed by atoms with Gasteiger partial charge in [-0.05, 0) is 37.3 Å². The van der Waals surface area contributed by atoms with Gasteiger partial charge in [-0.15, -0.1) is 0 Å². The van der Waals surface area contributed by atoms with Crippen molar-refractivity contribution in [2.75, 3.05) is 36.5 Å². The van der Waals surface area contributed by atoms with Crippen LogP contribution in [0.25, 0.3) is 5.69 Å². The van der Waals surface area contributed by atoms with Crippen molar-refractivity contribution in [2.45, 2.75) is 6.92 Å². The number of aromatic nitrogens is 2. The summed E-state index contributed by atoms with van der Waals surface area (Å²) in [7, 11) is 0. The van der Waals surface area contributed by atoms with Crippen molar-refractivity contribution in [3.05, 3.63) is 71.8 Å². The fourth-order valence-corrected chi connectivity index (χ4v) is 3.30. The van der Waals surface area contributed by atoms with Gasteiger partial charge in [-0.25, -0.2) is 9.07 Å². The highest BCUT2D eigenvalue weighted by Gasteiger charge is 2.19. The minimum absolute atomic E-state index is 0.234. The number of hydrogen-bond donors (Lipinski definition) is 1. The lowest BCUT2D eigenvalue weighted by molar-refractivity contribution is 0.102. The Labute approximate surface area is 162 Å². The molecular formula is C21H21FN4O2. The molecule has 6 nitrogen and oxygen atoms in total. The molecule has 0 spiro atoms. The number of hydrogen-bond acceptors (Lipinski definition) is 4. The van der Waals surface area contributed by atoms with Gasteiger partial charge in [0.25, 0.3) is 5.91 Å². The summed E-state index contributed by atoms with van der Waals surface area (Å²) in [4.78, 5) is 15.0. The third kappa shape index (κ3) is 3.61. The van der Waals surface area contributed by atoms with Crippen LogP contribution >= 0.6 is 0 Å². The molecule has 1 fully saturated rings. The Hall–Kier alpha value is -3.19. The lowest BCUT2D eigenvalue weighted by Crippen LogP contribution is -2.36. The fourth-order valence-electron chi connectivity index (χ4n) is 3.30. The van der Waals surface area contributed by atoms with Crippen LogP contribution in [0.15, 0.2) is 54.6 Å². The summed E-state index contributed by atoms with van der Waals surface area (Å²) >= 11 is 0. The third-order valence-corrected chi connectivity index (χ3v) is 4.70. The standard InChI is InChI=1S/C21H21FN4O2/c1-15-14-18(24-26(15)19-8-4-2-6-16(19)22)21(27)23-17-7-3-5-9-20(17)25-10-12-28-13-11-25/h2-9,14H,10-13H2,1H3,(H,23,27). The monoisotopic (exact) mass is 380 g/mol. The van der Waals surface area contributed by atoms with E-state index in [0.717, 1.165) is 18.8 Å². The summed E-state index contributed by atoms with van der Waals surface area (Å²) < 4.78 is 20.9. The van der Waals surface area contributed by atoms with Gasteiger partial charge in [-0.2, -0.15) is 5.10 Å². The molecule has 144 valence electrons. The number of aryl methyl sites for hydroxylation is 1. The topological polar surface area (TPSA) is 59.4 Å². The maximum absolute atomic E-state index is 14.1. The van der Waals surface area contributed by atoms with Gasteiger partial charge in [0.2, 0.25) is 0 Å². The first kappa shape index (κ1) is 18.2. The highest BCUT2D eigenvalue weighted by atomic mass is 19.1. The predicted octanol–water partition coefficient (Wildman–Crippen LogP) is 3.41. The zero-order valence-electron chi connectivity index (χ0n) is 15.6. The second-order valence-electron chi connectivity index (χ2n) is 6.60. The van der Waals surface area contributed by atoms with Crippen LogP contribution in [0.2, 0.25) is 0 Å². The molecule has 0 unspecified atom stereocenters. The number of carbonyl (C=O) groups is 1. The lowest BCUT2D eigenvalue weighted by atomic mass is 10.2. The Balaban J connectivity index is 1.59. The van der Waals surface area contributed by atoms with E-state index in [1.807, 2.05) is 24.3 Å². The number of nitrogens with one attached hydrogen (secondary N) is 1. The van der Waals surface area contributed by atoms with E-state index in [9.17, 15) is 9.18 Å². The molecule has 2 aromatic carbocycles. The number of amides is 1. The highest BCUT2D eigenvalue weighted by molar-refractivity contribution is 6.04. The quantitative estimate of drug-likeness (QED) is 0.754. The number of ether oxygens (including phenoxy) is 1. The second kappa shape index (κ2) is 7.82. The normalized spacial score (nSPS) is 14.1. The van der Waals surface area contributed by atoms with E-state index < -0.39 is 5.82 Å². The fraction of sp³-hybridized carbons (Fsp3) is 0.238. The first-order chi connectivity index (χ1) is 13.6. The van der Waals surface area contributed by atoms with Crippen molar-refractivity contribution in [1.29, 1.82) is 0 Å². The van der Waals surface area contributed by atoms with Gasteiger partial charge in [0, 0.05) is 18.8 Å². The van der Waals surface area contributed by atoms with Gasteiger partial charge in [0.15, 0.2) is 5.69 Å². The summed E-state index contributed by atoms with van der Waals surface area (Å²) in [6, 6.07) is 15.7. The van der Waals surface area contributed by atoms with E-state index in [1.165, 1.54) is 10.7 Å². The van der Waals surface area contributed by atoms with Crippen LogP contribution in [0.3, 0.4) is 0 Å². The molecule has 28 heavy (non-hydrogen) atoms. The molecule has 4 rings (SSSR count). The first-order valence-electron chi connectivity index (χ1n) is 9.18. The van der Waals surface area contributed by atoms with Crippen molar-refractivity contribution in [3.8, 4) is 5.69 Å². The van der Waals surface area contributed by atoms with Crippen LogP contribution in [0.5, 0.6) is 0 Å². The van der Waals surface area contributed by atoms with E-state index in [4.69, 9.17) is 4.74 Å². The zero-order chi connectivity index (χ0) is 19.5. The van der Waals surface area contributed by atoms with Gasteiger partial charge < -0.3 is 15.0 Å². The van der Waals surface area contributed by atoms with E-state index in [0.29, 0.717) is 30.3 Å². The molecule has 0 aliphatic carbocycles. The second-order valence-corrected chi connectivity index (χ2v) is 6.60. The van der Waals surface area contributed by atoms with E-state index in [2.05, 4.69) is 15.3 Å². The number of benzene rings is 2. The summed E-state index contributed by atoms with van der Waals surface area (Å²) in [5, 5.41) is 7.25. The largest absolute Gasteiger partial charge is 0.378 e. The lowest BCUT2D eigenvalue weighted by Gasteiger charge is -2.30. The molecule has 1 aromatic heterocycles. The molecule has 0 atom stereocenters. The first-order valence-corrected chi connectivity index (χ1v) is 9.18. The number of nitrogens with zero attached hydrogens (tertiary/aromatic N) is 3. The molecule has 2 heterocycles. The number of carbonyl (C=O) groups excluding carboxylic acids is 1. The minimum Gasteiger partial charge on any atom is -0.378 e. The SMILES string of the molecule is Cc1cc(C(=O)Nc2ccccc2N2CCOCC2)nn1-c1ccccc1F. The highest BCUT2D eigenvalue weighted by Crippen LogP contribution is 2.27. The Bertz CT molecular complexity index is 996. The Kier molecular flexibility index (Phi) is 5.08. The van der Waals surface area contributed by atoms with Crippen molar-refractivity contribution in [2.24, 2.45) is 0 Å². The van der Waals surface area contributed by atoms with Gasteiger partial charge >= 0.3 is 0 Å². The minimum atomic E-state index is -0.390. The number of anilines is 2. The van der Waals surface area contributed by atoms with Crippen LogP contribution < -0.4 is 10.2 Å². The number of rotatable bonds is 4. The molecule has 1 aliphatic rings. The average Bonchev–Trinajstić information content (AvgIpc) is 3.11. The Morgan fingerprint density at radius 2 is 1.75 bits per heavy atom. The molecule has 1 N–H and O–H groups in total. The molecule has 0 bridgehead atoms. The predicted molar refractivity (Wildman–Crippen MR) is 106 cm³/mol. The number of halogens is 1. The zero-order valence-corrected chi connectivity index (χ0v) is 15.6. The molecule has 0 saturated carbocycles. The summed E-state index contributed by atoms with van der Waals surface area (Å²) in [6.45, 7) is 4.66. The molecule has 3 aromatic rings. The van der Waals surface area contributed by atoms with Gasteiger partial charge in [0.05, 0.1) is 24.6 Å². The molecule has 1 amide bonds. The van der Waals surface area contributed by atoms with Crippen molar-refractivity contribution >= 4 is 17.3 Å². The maximum atomic E-state index is 14.1. The van der Waals surface area contributed by atoms with E-state index in [1.54, 1.807) is 31.2 Å². The third-order valence-electron chi connectivity index (χ3n) is 4.70. The Morgan fingerprint density at radius 1 is 1.07 bits per heavy atom. The Morgan fingerprint density at radius 3 is 2.50 bits per heavy atom. The van der Waals surface area contributed by atoms with Gasteiger partial charge in [-0.3, -0.25) is 4.79 Å². The molecule has 1 aliphatic heterocycles. The smallest absolute Gasteiger partial charge is 0.276 e. The van der Waals surface area contributed by atoms with Gasteiger partial charge in [0.1, 0.15) is 11.5 Å². The molecule has 1 saturated heterocycles. The van der Waals surface area contributed by atoms with Crippen LogP contribution in [-0.4, -0.2) is 42.0 Å². The van der Waals surface area contributed by atoms with Crippen LogP contribution in [0.4, 0.5) is 15.8 Å². The number of morpholine rings is 1. The summed E-state index contributed by atoms with van der Waals surface area (Å²) in [6.07, 6.45) is 0. The average molecular weight is 380 g/mol. The van der Waals surface area contributed by atoms with Crippen LogP contribution in [0.1, 0.15) is 16.2 Å². The van der Waals surface area contributed by atoms with E-state index in [-0.39, 0.29) is 11.6 Å². The van der Waals surface area contributed by atoms with Crippen molar-refractivity contribution in [3.63, 3.8) is 0 Å². The van der Waals surface area contributed by atoms with Crippen molar-refractivity contribution < 1.29 is 13.9 Å². The maximum Gasteiger partial charge on any atom is 0.276 e. The molecular weight excluding hydrogens is 359 g/mol. The number of para-hydroxylation sites is 3. The van der Waals surface area contributed by atoms with E-state index >= 15 is 0 Å². The summed E-state index contributed by atoms with van der Waals surface area (Å²) in [5.74, 6) is -0.725. The van der Waals surface area contributed by atoms with Crippen LogP contribution in [0, 0.1) is 12.7 Å². The molecule has 0 radical (unpaired) electrons. The van der Waals surface area contributed by atoms with Crippen LogP contribution in [-0.2, 0) is 4.74 Å². The van der Waals surface area contributed by atoms with Gasteiger partial charge in [-0.1, -0.05) is 24.3 Å².